The molecule has 0 fully saturated rings. The Morgan fingerprint density at radius 2 is 2.00 bits per heavy atom. The summed E-state index contributed by atoms with van der Waals surface area (Å²) < 4.78 is 0. The summed E-state index contributed by atoms with van der Waals surface area (Å²) in [5.41, 5.74) is 9.52. The fourth-order valence-corrected chi connectivity index (χ4v) is 2.10. The van der Waals surface area contributed by atoms with Crippen molar-refractivity contribution >= 4 is 0 Å². The van der Waals surface area contributed by atoms with Crippen LogP contribution in [0.4, 0.5) is 0 Å². The molecule has 0 bridgehead atoms. The van der Waals surface area contributed by atoms with E-state index < -0.39 is 0 Å². The Balaban J connectivity index is 2.41. The molecule has 3 heteroatoms. The van der Waals surface area contributed by atoms with E-state index in [1.807, 2.05) is 0 Å². The molecule has 0 saturated carbocycles. The molecule has 0 saturated heterocycles. The van der Waals surface area contributed by atoms with Crippen LogP contribution < -0.4 is 5.73 Å². The van der Waals surface area contributed by atoms with Crippen LogP contribution in [0.3, 0.4) is 0 Å². The molecule has 1 aromatic rings. The van der Waals surface area contributed by atoms with Crippen molar-refractivity contribution in [3.8, 4) is 0 Å². The van der Waals surface area contributed by atoms with E-state index in [0.29, 0.717) is 13.2 Å². The van der Waals surface area contributed by atoms with Gasteiger partial charge in [-0.2, -0.15) is 0 Å². The quantitative estimate of drug-likeness (QED) is 0.694. The third-order valence-electron chi connectivity index (χ3n) is 3.28. The van der Waals surface area contributed by atoms with E-state index >= 15 is 0 Å². The maximum Gasteiger partial charge on any atom is 0.0431 e. The van der Waals surface area contributed by atoms with Gasteiger partial charge in [-0.05, 0) is 56.5 Å². The summed E-state index contributed by atoms with van der Waals surface area (Å²) in [5, 5.41) is 8.73. The second-order valence-electron chi connectivity index (χ2n) is 4.99. The second-order valence-corrected chi connectivity index (χ2v) is 4.99. The van der Waals surface area contributed by atoms with Crippen LogP contribution in [0, 0.1) is 6.92 Å². The first kappa shape index (κ1) is 15.2. The van der Waals surface area contributed by atoms with Gasteiger partial charge in [0.15, 0.2) is 0 Å². The van der Waals surface area contributed by atoms with Crippen LogP contribution in [0.25, 0.3) is 0 Å². The van der Waals surface area contributed by atoms with Gasteiger partial charge < -0.3 is 15.7 Å². The molecule has 0 aliphatic heterocycles. The topological polar surface area (TPSA) is 49.5 Å². The van der Waals surface area contributed by atoms with Crippen LogP contribution in [-0.4, -0.2) is 30.2 Å². The molecule has 3 nitrogen and oxygen atoms in total. The third kappa shape index (κ3) is 5.17. The number of rotatable bonds is 8. The van der Waals surface area contributed by atoms with Crippen molar-refractivity contribution < 1.29 is 5.11 Å². The minimum absolute atomic E-state index is 0.309. The van der Waals surface area contributed by atoms with Crippen molar-refractivity contribution in [2.45, 2.75) is 39.3 Å². The second kappa shape index (κ2) is 8.25. The van der Waals surface area contributed by atoms with Crippen molar-refractivity contribution in [2.75, 3.05) is 20.2 Å². The Bertz CT molecular complexity index is 352. The van der Waals surface area contributed by atoms with Crippen molar-refractivity contribution in [2.24, 2.45) is 5.73 Å². The van der Waals surface area contributed by atoms with E-state index in [-0.39, 0.29) is 0 Å². The number of benzene rings is 1. The van der Waals surface area contributed by atoms with Crippen LogP contribution in [0.15, 0.2) is 18.2 Å². The average molecular weight is 250 g/mol. The highest BCUT2D eigenvalue weighted by molar-refractivity contribution is 5.30. The van der Waals surface area contributed by atoms with Crippen LogP contribution >= 0.6 is 0 Å². The van der Waals surface area contributed by atoms with Gasteiger partial charge in [-0.15, -0.1) is 0 Å². The van der Waals surface area contributed by atoms with Crippen molar-refractivity contribution in [3.05, 3.63) is 34.9 Å². The van der Waals surface area contributed by atoms with E-state index in [9.17, 15) is 0 Å². The lowest BCUT2D eigenvalue weighted by atomic mass is 10.0. The van der Waals surface area contributed by atoms with Gasteiger partial charge in [-0.25, -0.2) is 0 Å². The van der Waals surface area contributed by atoms with E-state index in [0.717, 1.165) is 32.4 Å². The summed E-state index contributed by atoms with van der Waals surface area (Å²) in [4.78, 5) is 2.34. The molecule has 0 aromatic heterocycles. The number of nitrogens with two attached hydrogens (primary N) is 1. The van der Waals surface area contributed by atoms with E-state index in [1.165, 1.54) is 16.7 Å². The molecule has 0 radical (unpaired) electrons. The Kier molecular flexibility index (Phi) is 6.94. The van der Waals surface area contributed by atoms with Crippen molar-refractivity contribution in [1.29, 1.82) is 0 Å². The number of aryl methyl sites for hydroxylation is 1. The zero-order valence-corrected chi connectivity index (χ0v) is 11.7. The molecular formula is C15H26N2O. The molecule has 1 aromatic carbocycles. The van der Waals surface area contributed by atoms with Gasteiger partial charge in [0, 0.05) is 19.7 Å². The number of unbranched alkanes of at least 4 members (excludes halogenated alkanes) is 2. The maximum absolute atomic E-state index is 8.73. The first-order valence-corrected chi connectivity index (χ1v) is 6.75. The number of hydrogen-bond donors (Lipinski definition) is 2. The average Bonchev–Trinajstić information content (AvgIpc) is 2.37. The number of hydrogen-bond acceptors (Lipinski definition) is 3. The molecule has 0 heterocycles. The lowest BCUT2D eigenvalue weighted by Gasteiger charge is -2.18. The van der Waals surface area contributed by atoms with Gasteiger partial charge in [-0.1, -0.05) is 18.2 Å². The molecule has 0 atom stereocenters. The van der Waals surface area contributed by atoms with Crippen LogP contribution in [0.2, 0.25) is 0 Å². The standard InChI is InChI=1S/C15H26N2O/c1-13-10-14(11-16)6-7-15(13)12-17(2)8-4-3-5-9-18/h6-7,10,18H,3-5,8-9,11-12,16H2,1-2H3. The number of nitrogens with zero attached hydrogens (tertiary/aromatic N) is 1. The normalized spacial score (nSPS) is 11.2. The van der Waals surface area contributed by atoms with Gasteiger partial charge in [0.2, 0.25) is 0 Å². The van der Waals surface area contributed by atoms with Gasteiger partial charge in [0.05, 0.1) is 0 Å². The van der Waals surface area contributed by atoms with Gasteiger partial charge >= 0.3 is 0 Å². The Morgan fingerprint density at radius 3 is 2.61 bits per heavy atom. The van der Waals surface area contributed by atoms with Gasteiger partial charge in [0.1, 0.15) is 0 Å². The molecule has 3 N–H and O–H groups in total. The fourth-order valence-electron chi connectivity index (χ4n) is 2.10. The minimum Gasteiger partial charge on any atom is -0.396 e. The molecule has 18 heavy (non-hydrogen) atoms. The molecule has 1 rings (SSSR count). The summed E-state index contributed by atoms with van der Waals surface area (Å²) in [6, 6.07) is 6.47. The van der Waals surface area contributed by atoms with Crippen molar-refractivity contribution in [1.82, 2.24) is 4.90 Å². The van der Waals surface area contributed by atoms with Crippen LogP contribution in [0.1, 0.15) is 36.0 Å². The Morgan fingerprint density at radius 1 is 1.22 bits per heavy atom. The van der Waals surface area contributed by atoms with E-state index in [2.05, 4.69) is 37.1 Å². The predicted octanol–water partition coefficient (Wildman–Crippen LogP) is 2.05. The number of aliphatic hydroxyl groups excluding tert-OH is 1. The highest BCUT2D eigenvalue weighted by Crippen LogP contribution is 2.13. The van der Waals surface area contributed by atoms with Crippen LogP contribution in [-0.2, 0) is 13.1 Å². The zero-order chi connectivity index (χ0) is 13.4. The van der Waals surface area contributed by atoms with E-state index in [4.69, 9.17) is 10.8 Å². The van der Waals surface area contributed by atoms with Crippen molar-refractivity contribution in [3.63, 3.8) is 0 Å². The summed E-state index contributed by atoms with van der Waals surface area (Å²) in [6.07, 6.45) is 3.17. The molecular weight excluding hydrogens is 224 g/mol. The predicted molar refractivity (Wildman–Crippen MR) is 76.3 cm³/mol. The Hall–Kier alpha value is -0.900. The van der Waals surface area contributed by atoms with E-state index in [1.54, 1.807) is 0 Å². The molecule has 0 aliphatic rings. The Labute approximate surface area is 111 Å². The lowest BCUT2D eigenvalue weighted by molar-refractivity contribution is 0.271. The summed E-state index contributed by atoms with van der Waals surface area (Å²) in [7, 11) is 2.15. The largest absolute Gasteiger partial charge is 0.396 e. The fraction of sp³-hybridized carbons (Fsp3) is 0.600. The zero-order valence-electron chi connectivity index (χ0n) is 11.7. The summed E-state index contributed by atoms with van der Waals surface area (Å²) in [5.74, 6) is 0. The highest BCUT2D eigenvalue weighted by atomic mass is 16.2. The first-order chi connectivity index (χ1) is 8.67. The van der Waals surface area contributed by atoms with Gasteiger partial charge in [-0.3, -0.25) is 0 Å². The number of aliphatic hydroxyl groups is 1. The summed E-state index contributed by atoms with van der Waals surface area (Å²) >= 11 is 0. The molecule has 0 unspecified atom stereocenters. The SMILES string of the molecule is Cc1cc(CN)ccc1CN(C)CCCCCO. The van der Waals surface area contributed by atoms with Crippen LogP contribution in [0.5, 0.6) is 0 Å². The third-order valence-corrected chi connectivity index (χ3v) is 3.28. The molecule has 102 valence electrons. The monoisotopic (exact) mass is 250 g/mol. The molecule has 0 spiro atoms. The smallest absolute Gasteiger partial charge is 0.0431 e. The first-order valence-electron chi connectivity index (χ1n) is 6.75. The molecule has 0 amide bonds. The maximum atomic E-state index is 8.73. The van der Waals surface area contributed by atoms with Gasteiger partial charge in [0.25, 0.3) is 0 Å². The lowest BCUT2D eigenvalue weighted by Crippen LogP contribution is -2.19. The summed E-state index contributed by atoms with van der Waals surface area (Å²) in [6.45, 7) is 5.13. The minimum atomic E-state index is 0.309. The molecule has 0 aliphatic carbocycles. The highest BCUT2D eigenvalue weighted by Gasteiger charge is 2.03.